The lowest BCUT2D eigenvalue weighted by atomic mass is 9.82. The predicted molar refractivity (Wildman–Crippen MR) is 55.9 cm³/mol. The summed E-state index contributed by atoms with van der Waals surface area (Å²) < 4.78 is 1.44. The molecule has 7 nitrogen and oxygen atoms in total. The first-order valence-corrected chi connectivity index (χ1v) is 5.38. The largest absolute Gasteiger partial charge is 0.480 e. The van der Waals surface area contributed by atoms with Crippen molar-refractivity contribution in [3.05, 3.63) is 0 Å². The Labute approximate surface area is 92.8 Å². The molecule has 1 saturated carbocycles. The van der Waals surface area contributed by atoms with Gasteiger partial charge in [-0.15, -0.1) is 0 Å². The van der Waals surface area contributed by atoms with Gasteiger partial charge in [-0.3, -0.25) is 0 Å². The molecule has 1 aliphatic carbocycles. The molecule has 1 heterocycles. The van der Waals surface area contributed by atoms with Crippen molar-refractivity contribution in [1.82, 2.24) is 20.2 Å². The number of nitrogens with zero attached hydrogens (tertiary/aromatic N) is 4. The summed E-state index contributed by atoms with van der Waals surface area (Å²) in [6, 6.07) is 0. The number of carbonyl (C=O) groups is 1. The molecule has 0 bridgehead atoms. The van der Waals surface area contributed by atoms with Gasteiger partial charge in [0.05, 0.1) is 0 Å². The van der Waals surface area contributed by atoms with Crippen molar-refractivity contribution < 1.29 is 9.90 Å². The van der Waals surface area contributed by atoms with Crippen LogP contribution in [0.3, 0.4) is 0 Å². The van der Waals surface area contributed by atoms with Gasteiger partial charge in [-0.2, -0.15) is 0 Å². The second kappa shape index (κ2) is 4.07. The van der Waals surface area contributed by atoms with Gasteiger partial charge >= 0.3 is 5.97 Å². The van der Waals surface area contributed by atoms with Crippen LogP contribution in [0, 0.1) is 0 Å². The summed E-state index contributed by atoms with van der Waals surface area (Å²) >= 11 is 0. The Hall–Kier alpha value is -1.66. The molecule has 88 valence electrons. The van der Waals surface area contributed by atoms with Crippen LogP contribution in [0.15, 0.2) is 0 Å². The van der Waals surface area contributed by atoms with Gasteiger partial charge in [-0.25, -0.2) is 9.48 Å². The number of tetrazole rings is 1. The molecule has 2 rings (SSSR count). The molecule has 0 aromatic carbocycles. The van der Waals surface area contributed by atoms with E-state index in [1.54, 1.807) is 7.05 Å². The first-order chi connectivity index (χ1) is 7.64. The Morgan fingerprint density at radius 1 is 1.44 bits per heavy atom. The van der Waals surface area contributed by atoms with E-state index < -0.39 is 11.5 Å². The molecule has 1 aliphatic rings. The minimum Gasteiger partial charge on any atom is -0.480 e. The van der Waals surface area contributed by atoms with Crippen molar-refractivity contribution in [2.75, 3.05) is 5.32 Å². The fourth-order valence-electron chi connectivity index (χ4n) is 2.10. The SMILES string of the molecule is Cn1nnnc1NC1(C(=O)O)CCCCC1. The molecule has 0 saturated heterocycles. The summed E-state index contributed by atoms with van der Waals surface area (Å²) in [5.41, 5.74) is -0.902. The number of nitrogens with one attached hydrogen (secondary N) is 1. The molecule has 0 aliphatic heterocycles. The van der Waals surface area contributed by atoms with E-state index in [9.17, 15) is 9.90 Å². The highest BCUT2D eigenvalue weighted by molar-refractivity contribution is 5.82. The molecule has 0 spiro atoms. The van der Waals surface area contributed by atoms with Crippen LogP contribution in [0.1, 0.15) is 32.1 Å². The summed E-state index contributed by atoms with van der Waals surface area (Å²) in [5.74, 6) is -0.417. The van der Waals surface area contributed by atoms with Crippen molar-refractivity contribution in [1.29, 1.82) is 0 Å². The quantitative estimate of drug-likeness (QED) is 0.774. The van der Waals surface area contributed by atoms with Crippen molar-refractivity contribution in [2.24, 2.45) is 7.05 Å². The third-order valence-corrected chi connectivity index (χ3v) is 3.09. The summed E-state index contributed by atoms with van der Waals surface area (Å²) in [7, 11) is 1.68. The minimum absolute atomic E-state index is 0.407. The molecule has 1 aromatic rings. The first-order valence-electron chi connectivity index (χ1n) is 5.38. The van der Waals surface area contributed by atoms with E-state index in [1.165, 1.54) is 4.68 Å². The van der Waals surface area contributed by atoms with Crippen molar-refractivity contribution >= 4 is 11.9 Å². The molecule has 0 unspecified atom stereocenters. The minimum atomic E-state index is -0.902. The van der Waals surface area contributed by atoms with Crippen LogP contribution >= 0.6 is 0 Å². The van der Waals surface area contributed by atoms with Crippen LogP contribution in [0.2, 0.25) is 0 Å². The lowest BCUT2D eigenvalue weighted by Gasteiger charge is -2.33. The molecular weight excluding hydrogens is 210 g/mol. The standard InChI is InChI=1S/C9H15N5O2/c1-14-8(11-12-13-14)10-9(7(15)16)5-3-2-4-6-9/h2-6H2,1H3,(H,15,16)(H,10,11,13). The highest BCUT2D eigenvalue weighted by Crippen LogP contribution is 2.31. The molecule has 2 N–H and O–H groups in total. The molecule has 7 heteroatoms. The maximum Gasteiger partial charge on any atom is 0.329 e. The number of aliphatic carboxylic acids is 1. The van der Waals surface area contributed by atoms with Crippen molar-refractivity contribution in [2.45, 2.75) is 37.6 Å². The Morgan fingerprint density at radius 2 is 2.12 bits per heavy atom. The number of aromatic nitrogens is 4. The van der Waals surface area contributed by atoms with Gasteiger partial charge in [-0.05, 0) is 23.3 Å². The van der Waals surface area contributed by atoms with Gasteiger partial charge in [0.1, 0.15) is 5.54 Å². The lowest BCUT2D eigenvalue weighted by Crippen LogP contribution is -2.48. The first kappa shape index (κ1) is 10.8. The number of hydrogen-bond acceptors (Lipinski definition) is 5. The fourth-order valence-corrected chi connectivity index (χ4v) is 2.10. The van der Waals surface area contributed by atoms with Crippen LogP contribution in [-0.2, 0) is 11.8 Å². The Balaban J connectivity index is 2.20. The number of aryl methyl sites for hydroxylation is 1. The number of carboxylic acid groups (broad SMARTS) is 1. The Morgan fingerprint density at radius 3 is 2.62 bits per heavy atom. The average Bonchev–Trinajstić information content (AvgIpc) is 2.65. The number of carboxylic acids is 1. The highest BCUT2D eigenvalue weighted by atomic mass is 16.4. The van der Waals surface area contributed by atoms with Gasteiger partial charge < -0.3 is 10.4 Å². The van der Waals surface area contributed by atoms with E-state index in [4.69, 9.17) is 0 Å². The van der Waals surface area contributed by atoms with E-state index in [-0.39, 0.29) is 0 Å². The molecule has 1 aromatic heterocycles. The molecular formula is C9H15N5O2. The summed E-state index contributed by atoms with van der Waals surface area (Å²) in [6.07, 6.45) is 4.17. The van der Waals surface area contributed by atoms with Gasteiger partial charge in [0.25, 0.3) is 0 Å². The van der Waals surface area contributed by atoms with E-state index in [1.807, 2.05) is 0 Å². The fraction of sp³-hybridized carbons (Fsp3) is 0.778. The van der Waals surface area contributed by atoms with Gasteiger partial charge in [-0.1, -0.05) is 24.4 Å². The predicted octanol–water partition coefficient (Wildman–Crippen LogP) is 0.409. The highest BCUT2D eigenvalue weighted by Gasteiger charge is 2.40. The number of anilines is 1. The second-order valence-corrected chi connectivity index (χ2v) is 4.20. The van der Waals surface area contributed by atoms with Gasteiger partial charge in [0.15, 0.2) is 0 Å². The smallest absolute Gasteiger partial charge is 0.329 e. The lowest BCUT2D eigenvalue weighted by molar-refractivity contribution is -0.143. The maximum absolute atomic E-state index is 11.4. The average molecular weight is 225 g/mol. The third-order valence-electron chi connectivity index (χ3n) is 3.09. The van der Waals surface area contributed by atoms with E-state index in [0.29, 0.717) is 18.8 Å². The van der Waals surface area contributed by atoms with E-state index in [2.05, 4.69) is 20.8 Å². The zero-order chi connectivity index (χ0) is 11.6. The normalized spacial score (nSPS) is 19.3. The summed E-state index contributed by atoms with van der Waals surface area (Å²) in [4.78, 5) is 11.4. The molecule has 1 fully saturated rings. The van der Waals surface area contributed by atoms with E-state index in [0.717, 1.165) is 19.3 Å². The Kier molecular flexibility index (Phi) is 2.76. The third kappa shape index (κ3) is 1.84. The summed E-state index contributed by atoms with van der Waals surface area (Å²) in [6.45, 7) is 0. The molecule has 0 amide bonds. The maximum atomic E-state index is 11.4. The second-order valence-electron chi connectivity index (χ2n) is 4.20. The van der Waals surface area contributed by atoms with E-state index >= 15 is 0 Å². The molecule has 0 atom stereocenters. The zero-order valence-electron chi connectivity index (χ0n) is 9.18. The topological polar surface area (TPSA) is 92.9 Å². The molecule has 16 heavy (non-hydrogen) atoms. The van der Waals surface area contributed by atoms with Crippen LogP contribution in [0.4, 0.5) is 5.95 Å². The van der Waals surface area contributed by atoms with Crippen LogP contribution < -0.4 is 5.32 Å². The van der Waals surface area contributed by atoms with Crippen LogP contribution in [0.5, 0.6) is 0 Å². The van der Waals surface area contributed by atoms with Crippen molar-refractivity contribution in [3.63, 3.8) is 0 Å². The van der Waals surface area contributed by atoms with Crippen LogP contribution in [0.25, 0.3) is 0 Å². The molecule has 0 radical (unpaired) electrons. The van der Waals surface area contributed by atoms with Gasteiger partial charge in [0, 0.05) is 7.05 Å². The number of rotatable bonds is 3. The van der Waals surface area contributed by atoms with Gasteiger partial charge in [0.2, 0.25) is 5.95 Å². The van der Waals surface area contributed by atoms with Crippen molar-refractivity contribution in [3.8, 4) is 0 Å². The van der Waals surface area contributed by atoms with Crippen LogP contribution in [-0.4, -0.2) is 36.8 Å². The number of hydrogen-bond donors (Lipinski definition) is 2. The monoisotopic (exact) mass is 225 g/mol. The Bertz CT molecular complexity index is 383. The summed E-state index contributed by atoms with van der Waals surface area (Å²) in [5, 5.41) is 23.2. The zero-order valence-corrected chi connectivity index (χ0v) is 9.18.